The van der Waals surface area contributed by atoms with Crippen molar-refractivity contribution in [3.63, 3.8) is 0 Å². The number of thioether (sulfide) groups is 1. The first kappa shape index (κ1) is 24.9. The molecular formula is C24H27F3N6OS. The van der Waals surface area contributed by atoms with Crippen LogP contribution < -0.4 is 16.4 Å². The number of hydrogen-bond acceptors (Lipinski definition) is 7. The Kier molecular flexibility index (Phi) is 6.98. The van der Waals surface area contributed by atoms with Gasteiger partial charge in [0.1, 0.15) is 11.6 Å². The van der Waals surface area contributed by atoms with Crippen LogP contribution >= 0.6 is 11.8 Å². The normalized spacial score (nSPS) is 15.2. The van der Waals surface area contributed by atoms with E-state index in [4.69, 9.17) is 5.73 Å². The number of aromatic nitrogens is 2. The van der Waals surface area contributed by atoms with Crippen LogP contribution in [0.15, 0.2) is 30.3 Å². The molecule has 1 fully saturated rings. The van der Waals surface area contributed by atoms with Gasteiger partial charge in [-0.1, -0.05) is 0 Å². The van der Waals surface area contributed by atoms with Gasteiger partial charge in [0.2, 0.25) is 0 Å². The molecule has 1 amide bonds. The first-order chi connectivity index (χ1) is 16.6. The summed E-state index contributed by atoms with van der Waals surface area (Å²) in [6.07, 6.45) is -4.50. The van der Waals surface area contributed by atoms with Crippen LogP contribution in [0.1, 0.15) is 40.3 Å². The van der Waals surface area contributed by atoms with Gasteiger partial charge in [0.25, 0.3) is 5.91 Å². The van der Waals surface area contributed by atoms with E-state index < -0.39 is 17.8 Å². The van der Waals surface area contributed by atoms with Crippen molar-refractivity contribution in [1.29, 1.82) is 0 Å². The number of anilines is 3. The number of carbonyl (C=O) groups excluding carboxylic acids is 1. The molecule has 7 nitrogen and oxygen atoms in total. The summed E-state index contributed by atoms with van der Waals surface area (Å²) < 4.78 is 39.9. The number of rotatable bonds is 5. The molecule has 2 aromatic carbocycles. The Balaban J connectivity index is 1.72. The summed E-state index contributed by atoms with van der Waals surface area (Å²) in [6.45, 7) is 4.85. The van der Waals surface area contributed by atoms with E-state index in [2.05, 4.69) is 20.6 Å². The number of halogens is 3. The molecule has 1 aliphatic heterocycles. The maximum atomic E-state index is 13.3. The highest BCUT2D eigenvalue weighted by Crippen LogP contribution is 2.35. The third-order valence-electron chi connectivity index (χ3n) is 5.90. The number of alkyl halides is 3. The molecule has 186 valence electrons. The molecule has 0 bridgehead atoms. The van der Waals surface area contributed by atoms with Crippen molar-refractivity contribution in [2.24, 2.45) is 0 Å². The third-order valence-corrected chi connectivity index (χ3v) is 6.85. The molecule has 0 spiro atoms. The molecule has 4 rings (SSSR count). The van der Waals surface area contributed by atoms with Crippen LogP contribution in [0.2, 0.25) is 0 Å². The number of nitrogens with one attached hydrogen (secondary N) is 2. The molecule has 2 heterocycles. The fourth-order valence-corrected chi connectivity index (χ4v) is 5.00. The monoisotopic (exact) mass is 504 g/mol. The van der Waals surface area contributed by atoms with Crippen molar-refractivity contribution in [3.05, 3.63) is 52.8 Å². The Morgan fingerprint density at radius 3 is 2.51 bits per heavy atom. The minimum Gasteiger partial charge on any atom is -0.399 e. The van der Waals surface area contributed by atoms with Gasteiger partial charge in [0, 0.05) is 48.4 Å². The van der Waals surface area contributed by atoms with E-state index in [1.54, 1.807) is 33.0 Å². The number of carbonyl (C=O) groups is 1. The zero-order valence-corrected chi connectivity index (χ0v) is 20.5. The SMILES string of the molecule is CNc1cc2c(NC(C)c3cc(N)cc(C(F)(F)F)c3)nc(C)nc2cc1C(=O)N1CCSCC1. The number of nitrogen functional groups attached to an aromatic ring is 1. The molecular weight excluding hydrogens is 477 g/mol. The van der Waals surface area contributed by atoms with Crippen molar-refractivity contribution in [3.8, 4) is 0 Å². The number of hydrogen-bond donors (Lipinski definition) is 3. The van der Waals surface area contributed by atoms with Gasteiger partial charge in [-0.2, -0.15) is 24.9 Å². The Morgan fingerprint density at radius 1 is 1.14 bits per heavy atom. The lowest BCUT2D eigenvalue weighted by atomic mass is 10.0. The number of fused-ring (bicyclic) bond motifs is 1. The third kappa shape index (κ3) is 5.39. The highest BCUT2D eigenvalue weighted by Gasteiger charge is 2.31. The van der Waals surface area contributed by atoms with Gasteiger partial charge in [0.05, 0.1) is 22.7 Å². The van der Waals surface area contributed by atoms with Crippen molar-refractivity contribution in [2.75, 3.05) is 48.0 Å². The van der Waals surface area contributed by atoms with Crippen LogP contribution in [0.25, 0.3) is 10.9 Å². The van der Waals surface area contributed by atoms with E-state index in [0.29, 0.717) is 52.4 Å². The zero-order chi connectivity index (χ0) is 25.3. The molecule has 4 N–H and O–H groups in total. The molecule has 0 saturated carbocycles. The molecule has 1 aliphatic rings. The highest BCUT2D eigenvalue weighted by atomic mass is 32.2. The van der Waals surface area contributed by atoms with Gasteiger partial charge in [-0.05, 0) is 49.7 Å². The predicted molar refractivity (Wildman–Crippen MR) is 135 cm³/mol. The molecule has 3 aromatic rings. The number of aryl methyl sites for hydroxylation is 1. The molecule has 1 atom stereocenters. The summed E-state index contributed by atoms with van der Waals surface area (Å²) in [5.74, 6) is 2.68. The van der Waals surface area contributed by atoms with Gasteiger partial charge in [-0.15, -0.1) is 0 Å². The average Bonchev–Trinajstić information content (AvgIpc) is 2.82. The standard InChI is InChI=1S/C24H27F3N6OS/c1-13(15-8-16(24(25,26)27)10-17(28)9-15)30-22-18-11-20(29-3)19(12-21(18)31-14(2)32-22)23(34)33-4-6-35-7-5-33/h8-13,29H,4-7,28H2,1-3H3,(H,30,31,32). The molecule has 35 heavy (non-hydrogen) atoms. The highest BCUT2D eigenvalue weighted by molar-refractivity contribution is 7.99. The molecule has 11 heteroatoms. The molecule has 1 aromatic heterocycles. The van der Waals surface area contributed by atoms with Crippen molar-refractivity contribution in [2.45, 2.75) is 26.1 Å². The number of nitrogens with two attached hydrogens (primary N) is 1. The lowest BCUT2D eigenvalue weighted by Gasteiger charge is -2.27. The summed E-state index contributed by atoms with van der Waals surface area (Å²) >= 11 is 1.83. The van der Waals surface area contributed by atoms with E-state index >= 15 is 0 Å². The van der Waals surface area contributed by atoms with Crippen LogP contribution in [-0.4, -0.2) is 52.4 Å². The maximum absolute atomic E-state index is 13.3. The van der Waals surface area contributed by atoms with E-state index in [1.807, 2.05) is 16.7 Å². The Bertz CT molecular complexity index is 1260. The second-order valence-electron chi connectivity index (χ2n) is 8.44. The summed E-state index contributed by atoms with van der Waals surface area (Å²) in [5.41, 5.74) is 7.08. The Morgan fingerprint density at radius 2 is 1.86 bits per heavy atom. The van der Waals surface area contributed by atoms with Crippen LogP contribution in [0.3, 0.4) is 0 Å². The van der Waals surface area contributed by atoms with Gasteiger partial charge in [-0.25, -0.2) is 9.97 Å². The average molecular weight is 505 g/mol. The second-order valence-corrected chi connectivity index (χ2v) is 9.67. The first-order valence-corrected chi connectivity index (χ1v) is 12.3. The molecule has 1 saturated heterocycles. The van der Waals surface area contributed by atoms with Crippen LogP contribution in [-0.2, 0) is 6.18 Å². The smallest absolute Gasteiger partial charge is 0.399 e. The Hall–Kier alpha value is -3.21. The van der Waals surface area contributed by atoms with E-state index in [9.17, 15) is 18.0 Å². The van der Waals surface area contributed by atoms with Crippen molar-refractivity contribution < 1.29 is 18.0 Å². The van der Waals surface area contributed by atoms with E-state index in [0.717, 1.165) is 23.6 Å². The topological polar surface area (TPSA) is 96.2 Å². The van der Waals surface area contributed by atoms with Crippen LogP contribution in [0.5, 0.6) is 0 Å². The van der Waals surface area contributed by atoms with Crippen LogP contribution in [0.4, 0.5) is 30.4 Å². The Labute approximate surface area is 205 Å². The first-order valence-electron chi connectivity index (χ1n) is 11.2. The maximum Gasteiger partial charge on any atom is 0.416 e. The van der Waals surface area contributed by atoms with Crippen molar-refractivity contribution in [1.82, 2.24) is 14.9 Å². The quantitative estimate of drug-likeness (QED) is 0.424. The lowest BCUT2D eigenvalue weighted by Crippen LogP contribution is -2.38. The molecule has 0 aliphatic carbocycles. The molecule has 1 unspecified atom stereocenters. The summed E-state index contributed by atoms with van der Waals surface area (Å²) in [7, 11) is 1.74. The van der Waals surface area contributed by atoms with Crippen molar-refractivity contribution >= 4 is 45.8 Å². The largest absolute Gasteiger partial charge is 0.416 e. The predicted octanol–water partition coefficient (Wildman–Crippen LogP) is 4.94. The minimum atomic E-state index is -4.50. The number of benzene rings is 2. The molecule has 0 radical (unpaired) electrons. The fraction of sp³-hybridized carbons (Fsp3) is 0.375. The van der Waals surface area contributed by atoms with E-state index in [1.165, 1.54) is 6.07 Å². The van der Waals surface area contributed by atoms with Gasteiger partial charge >= 0.3 is 6.18 Å². The lowest BCUT2D eigenvalue weighted by molar-refractivity contribution is -0.137. The summed E-state index contributed by atoms with van der Waals surface area (Å²) in [6, 6.07) is 6.53. The number of nitrogens with zero attached hydrogens (tertiary/aromatic N) is 3. The minimum absolute atomic E-state index is 0.0314. The van der Waals surface area contributed by atoms with Gasteiger partial charge in [-0.3, -0.25) is 4.79 Å². The van der Waals surface area contributed by atoms with Gasteiger partial charge in [0.15, 0.2) is 0 Å². The summed E-state index contributed by atoms with van der Waals surface area (Å²) in [5, 5.41) is 6.95. The van der Waals surface area contributed by atoms with Crippen LogP contribution in [0, 0.1) is 6.92 Å². The number of amides is 1. The van der Waals surface area contributed by atoms with E-state index in [-0.39, 0.29) is 11.6 Å². The van der Waals surface area contributed by atoms with Gasteiger partial charge < -0.3 is 21.3 Å². The zero-order valence-electron chi connectivity index (χ0n) is 19.7. The fourth-order valence-electron chi connectivity index (χ4n) is 4.10. The second kappa shape index (κ2) is 9.80. The summed E-state index contributed by atoms with van der Waals surface area (Å²) in [4.78, 5) is 24.1.